The molecule has 0 radical (unpaired) electrons. The van der Waals surface area contributed by atoms with Gasteiger partial charge in [0.25, 0.3) is 15.9 Å². The van der Waals surface area contributed by atoms with Crippen LogP contribution in [0.25, 0.3) is 0 Å². The largest absolute Gasteiger partial charge is 0.496 e. The number of benzene rings is 2. The fourth-order valence-electron chi connectivity index (χ4n) is 3.40. The van der Waals surface area contributed by atoms with Gasteiger partial charge in [0.15, 0.2) is 0 Å². The van der Waals surface area contributed by atoms with Crippen LogP contribution in [0, 0.1) is 0 Å². The van der Waals surface area contributed by atoms with Crippen LogP contribution in [0.3, 0.4) is 0 Å². The lowest BCUT2D eigenvalue weighted by atomic mass is 10.1. The second kappa shape index (κ2) is 9.37. The molecule has 0 spiro atoms. The summed E-state index contributed by atoms with van der Waals surface area (Å²) in [5.41, 5.74) is 1.45. The first-order valence-electron chi connectivity index (χ1n) is 9.77. The van der Waals surface area contributed by atoms with Crippen molar-refractivity contribution in [2.24, 2.45) is 0 Å². The topological polar surface area (TPSA) is 84.9 Å². The van der Waals surface area contributed by atoms with Crippen LogP contribution in [0.15, 0.2) is 47.4 Å². The maximum absolute atomic E-state index is 13.3. The zero-order chi connectivity index (χ0) is 23.5. The molecular weight excluding hydrogens is 449 g/mol. The molecule has 0 saturated carbocycles. The molecule has 1 aliphatic rings. The molecule has 1 aliphatic heterocycles. The number of fused-ring (bicyclic) bond motifs is 1. The SMILES string of the molecule is COc1ccc(S(=O)(=O)N2CCc3ccccc32)cc1C(=O)NC(C)COCC(F)(F)F. The predicted octanol–water partition coefficient (Wildman–Crippen LogP) is 3.14. The summed E-state index contributed by atoms with van der Waals surface area (Å²) in [6.07, 6.45) is -3.89. The van der Waals surface area contributed by atoms with E-state index in [9.17, 15) is 26.4 Å². The number of rotatable bonds is 8. The molecule has 32 heavy (non-hydrogen) atoms. The molecule has 0 saturated heterocycles. The van der Waals surface area contributed by atoms with Crippen LogP contribution in [0.4, 0.5) is 18.9 Å². The van der Waals surface area contributed by atoms with Gasteiger partial charge in [0, 0.05) is 12.6 Å². The second-order valence-electron chi connectivity index (χ2n) is 7.32. The maximum atomic E-state index is 13.3. The zero-order valence-electron chi connectivity index (χ0n) is 17.5. The lowest BCUT2D eigenvalue weighted by molar-refractivity contribution is -0.174. The van der Waals surface area contributed by atoms with Gasteiger partial charge in [0.05, 0.1) is 29.9 Å². The Labute approximate surface area is 184 Å². The minimum absolute atomic E-state index is 0.0521. The highest BCUT2D eigenvalue weighted by Gasteiger charge is 2.32. The Balaban J connectivity index is 1.80. The molecule has 1 unspecified atom stereocenters. The minimum Gasteiger partial charge on any atom is -0.496 e. The van der Waals surface area contributed by atoms with Gasteiger partial charge in [-0.15, -0.1) is 0 Å². The summed E-state index contributed by atoms with van der Waals surface area (Å²) < 4.78 is 74.2. The Morgan fingerprint density at radius 2 is 1.94 bits per heavy atom. The van der Waals surface area contributed by atoms with E-state index in [4.69, 9.17) is 4.74 Å². The van der Waals surface area contributed by atoms with Gasteiger partial charge in [-0.3, -0.25) is 9.10 Å². The fraction of sp³-hybridized carbons (Fsp3) is 0.381. The standard InChI is InChI=1S/C21H23F3N2O5S/c1-14(12-31-13-21(22,23)24)25-20(27)17-11-16(7-8-19(17)30-2)32(28,29)26-10-9-15-5-3-4-6-18(15)26/h3-8,11,14H,9-10,12-13H2,1-2H3,(H,25,27). The van der Waals surface area contributed by atoms with Crippen molar-refractivity contribution in [2.45, 2.75) is 30.5 Å². The molecule has 0 aromatic heterocycles. The van der Waals surface area contributed by atoms with Crippen LogP contribution in [0.1, 0.15) is 22.8 Å². The lowest BCUT2D eigenvalue weighted by Gasteiger charge is -2.21. The van der Waals surface area contributed by atoms with E-state index >= 15 is 0 Å². The summed E-state index contributed by atoms with van der Waals surface area (Å²) in [4.78, 5) is 12.6. The van der Waals surface area contributed by atoms with E-state index < -0.39 is 34.8 Å². The quantitative estimate of drug-likeness (QED) is 0.638. The van der Waals surface area contributed by atoms with Crippen molar-refractivity contribution in [3.8, 4) is 5.75 Å². The molecule has 0 bridgehead atoms. The van der Waals surface area contributed by atoms with E-state index in [0.717, 1.165) is 5.56 Å². The number of amides is 1. The molecule has 7 nitrogen and oxygen atoms in total. The van der Waals surface area contributed by atoms with Crippen LogP contribution >= 0.6 is 0 Å². The van der Waals surface area contributed by atoms with E-state index in [0.29, 0.717) is 12.1 Å². The third-order valence-corrected chi connectivity index (χ3v) is 6.67. The first-order chi connectivity index (χ1) is 15.0. The number of para-hydroxylation sites is 1. The van der Waals surface area contributed by atoms with Crippen molar-refractivity contribution in [2.75, 3.05) is 31.2 Å². The highest BCUT2D eigenvalue weighted by atomic mass is 32.2. The smallest absolute Gasteiger partial charge is 0.411 e. The summed E-state index contributed by atoms with van der Waals surface area (Å²) >= 11 is 0. The third kappa shape index (κ3) is 5.33. The van der Waals surface area contributed by atoms with Crippen LogP contribution in [-0.4, -0.2) is 53.4 Å². The normalized spacial score (nSPS) is 14.7. The molecule has 174 valence electrons. The Kier molecular flexibility index (Phi) is 6.99. The van der Waals surface area contributed by atoms with Gasteiger partial charge >= 0.3 is 6.18 Å². The molecule has 1 heterocycles. The predicted molar refractivity (Wildman–Crippen MR) is 111 cm³/mol. The summed E-state index contributed by atoms with van der Waals surface area (Å²) in [7, 11) is -2.62. The summed E-state index contributed by atoms with van der Waals surface area (Å²) in [5.74, 6) is -0.560. The van der Waals surface area contributed by atoms with Crippen molar-refractivity contribution >= 4 is 21.6 Å². The third-order valence-electron chi connectivity index (χ3n) is 4.86. The summed E-state index contributed by atoms with van der Waals surface area (Å²) in [6.45, 7) is -0.0387. The van der Waals surface area contributed by atoms with Gasteiger partial charge in [-0.2, -0.15) is 13.2 Å². The van der Waals surface area contributed by atoms with Crippen molar-refractivity contribution < 1.29 is 35.9 Å². The van der Waals surface area contributed by atoms with E-state index in [1.165, 1.54) is 36.5 Å². The molecule has 0 aliphatic carbocycles. The van der Waals surface area contributed by atoms with Crippen LogP contribution in [0.5, 0.6) is 5.75 Å². The number of ether oxygens (including phenoxy) is 2. The van der Waals surface area contributed by atoms with Gasteiger partial charge < -0.3 is 14.8 Å². The first-order valence-corrected chi connectivity index (χ1v) is 11.2. The van der Waals surface area contributed by atoms with Gasteiger partial charge in [0.1, 0.15) is 12.4 Å². The molecule has 0 fully saturated rings. The van der Waals surface area contributed by atoms with E-state index in [2.05, 4.69) is 10.1 Å². The van der Waals surface area contributed by atoms with Gasteiger partial charge in [-0.1, -0.05) is 18.2 Å². The Hall–Kier alpha value is -2.79. The van der Waals surface area contributed by atoms with Crippen LogP contribution in [-0.2, 0) is 21.2 Å². The number of nitrogens with one attached hydrogen (secondary N) is 1. The van der Waals surface area contributed by atoms with Gasteiger partial charge in [-0.05, 0) is 43.2 Å². The number of alkyl halides is 3. The number of sulfonamides is 1. The number of hydrogen-bond acceptors (Lipinski definition) is 5. The highest BCUT2D eigenvalue weighted by Crippen LogP contribution is 2.34. The Morgan fingerprint density at radius 3 is 2.62 bits per heavy atom. The van der Waals surface area contributed by atoms with E-state index in [1.807, 2.05) is 12.1 Å². The molecule has 3 rings (SSSR count). The second-order valence-corrected chi connectivity index (χ2v) is 9.19. The first kappa shape index (κ1) is 23.9. The van der Waals surface area contributed by atoms with Crippen molar-refractivity contribution in [1.29, 1.82) is 0 Å². The average Bonchev–Trinajstić information content (AvgIpc) is 3.17. The van der Waals surface area contributed by atoms with Gasteiger partial charge in [-0.25, -0.2) is 8.42 Å². The average molecular weight is 472 g/mol. The molecule has 2 aromatic carbocycles. The number of halogens is 3. The summed E-state index contributed by atoms with van der Waals surface area (Å²) in [6, 6.07) is 10.3. The molecule has 1 atom stereocenters. The number of methoxy groups -OCH3 is 1. The van der Waals surface area contributed by atoms with E-state index in [1.54, 1.807) is 12.1 Å². The van der Waals surface area contributed by atoms with Crippen LogP contribution in [0.2, 0.25) is 0 Å². The van der Waals surface area contributed by atoms with Crippen molar-refractivity contribution in [3.63, 3.8) is 0 Å². The Bertz CT molecular complexity index is 1090. The number of carbonyl (C=O) groups excluding carboxylic acids is 1. The Morgan fingerprint density at radius 1 is 1.22 bits per heavy atom. The number of carbonyl (C=O) groups is 1. The zero-order valence-corrected chi connectivity index (χ0v) is 18.3. The minimum atomic E-state index is -4.47. The monoisotopic (exact) mass is 472 g/mol. The van der Waals surface area contributed by atoms with Crippen molar-refractivity contribution in [1.82, 2.24) is 5.32 Å². The highest BCUT2D eigenvalue weighted by molar-refractivity contribution is 7.92. The molecular formula is C21H23F3N2O5S. The van der Waals surface area contributed by atoms with Crippen LogP contribution < -0.4 is 14.4 Å². The number of anilines is 1. The number of nitrogens with zero attached hydrogens (tertiary/aromatic N) is 1. The molecule has 11 heteroatoms. The lowest BCUT2D eigenvalue weighted by Crippen LogP contribution is -2.37. The fourth-order valence-corrected chi connectivity index (χ4v) is 4.93. The van der Waals surface area contributed by atoms with Gasteiger partial charge in [0.2, 0.25) is 0 Å². The molecule has 1 N–H and O–H groups in total. The maximum Gasteiger partial charge on any atom is 0.411 e. The number of hydrogen-bond donors (Lipinski definition) is 1. The molecule has 2 aromatic rings. The summed E-state index contributed by atoms with van der Waals surface area (Å²) in [5, 5.41) is 2.50. The van der Waals surface area contributed by atoms with E-state index in [-0.39, 0.29) is 29.4 Å². The van der Waals surface area contributed by atoms with Crippen molar-refractivity contribution in [3.05, 3.63) is 53.6 Å². The molecule has 1 amide bonds.